The zero-order valence-corrected chi connectivity index (χ0v) is 13.5. The van der Waals surface area contributed by atoms with Gasteiger partial charge in [-0.25, -0.2) is 8.42 Å². The first-order chi connectivity index (χ1) is 10.1. The smallest absolute Gasteiger partial charge is 0.243 e. The van der Waals surface area contributed by atoms with E-state index in [4.69, 9.17) is 9.47 Å². The number of hydrogen-bond donors (Lipinski definition) is 0. The van der Waals surface area contributed by atoms with Crippen LogP contribution in [0.2, 0.25) is 0 Å². The summed E-state index contributed by atoms with van der Waals surface area (Å²) in [7, 11) is -3.44. The van der Waals surface area contributed by atoms with E-state index in [1.165, 1.54) is 0 Å². The van der Waals surface area contributed by atoms with E-state index < -0.39 is 10.0 Å². The molecule has 0 aliphatic carbocycles. The van der Waals surface area contributed by atoms with Crippen LogP contribution >= 0.6 is 0 Å². The van der Waals surface area contributed by atoms with Crippen molar-refractivity contribution in [2.45, 2.75) is 38.0 Å². The maximum absolute atomic E-state index is 12.6. The van der Waals surface area contributed by atoms with Gasteiger partial charge in [-0.1, -0.05) is 6.42 Å². The van der Waals surface area contributed by atoms with Gasteiger partial charge in [0.2, 0.25) is 10.0 Å². The fraction of sp³-hybridized carbons (Fsp3) is 0.600. The third-order valence-corrected chi connectivity index (χ3v) is 5.36. The molecule has 0 bridgehead atoms. The molecule has 21 heavy (non-hydrogen) atoms. The van der Waals surface area contributed by atoms with Crippen LogP contribution in [0.3, 0.4) is 0 Å². The lowest BCUT2D eigenvalue weighted by atomic mass is 10.2. The molecule has 1 aromatic carbocycles. The number of hydrogen-bond acceptors (Lipinski definition) is 4. The molecule has 1 heterocycles. The molecule has 1 fully saturated rings. The molecule has 0 atom stereocenters. The van der Waals surface area contributed by atoms with Gasteiger partial charge < -0.3 is 9.47 Å². The van der Waals surface area contributed by atoms with E-state index in [1.807, 2.05) is 13.8 Å². The predicted octanol–water partition coefficient (Wildman–Crippen LogP) is 2.66. The quantitative estimate of drug-likeness (QED) is 0.810. The summed E-state index contributed by atoms with van der Waals surface area (Å²) >= 11 is 0. The van der Waals surface area contributed by atoms with Crippen molar-refractivity contribution in [3.05, 3.63) is 18.2 Å². The Hall–Kier alpha value is -1.27. The number of benzene rings is 1. The van der Waals surface area contributed by atoms with Gasteiger partial charge in [0.1, 0.15) is 0 Å². The van der Waals surface area contributed by atoms with Crippen LogP contribution in [-0.4, -0.2) is 39.0 Å². The van der Waals surface area contributed by atoms with Crippen molar-refractivity contribution in [1.82, 2.24) is 4.31 Å². The second-order valence-corrected chi connectivity index (χ2v) is 6.88. The lowest BCUT2D eigenvalue weighted by molar-refractivity contribution is 0.286. The van der Waals surface area contributed by atoms with Gasteiger partial charge in [-0.05, 0) is 38.8 Å². The maximum Gasteiger partial charge on any atom is 0.243 e. The van der Waals surface area contributed by atoms with E-state index >= 15 is 0 Å². The third kappa shape index (κ3) is 3.68. The molecule has 1 aromatic rings. The molecule has 0 amide bonds. The number of sulfonamides is 1. The number of piperidine rings is 1. The van der Waals surface area contributed by atoms with E-state index in [9.17, 15) is 8.42 Å². The minimum atomic E-state index is -3.44. The van der Waals surface area contributed by atoms with Crippen LogP contribution in [0.1, 0.15) is 33.1 Å². The Morgan fingerprint density at radius 3 is 2.24 bits per heavy atom. The molecule has 0 aromatic heterocycles. The Morgan fingerprint density at radius 2 is 1.62 bits per heavy atom. The summed E-state index contributed by atoms with van der Waals surface area (Å²) in [5.74, 6) is 1.06. The van der Waals surface area contributed by atoms with Gasteiger partial charge in [0.25, 0.3) is 0 Å². The van der Waals surface area contributed by atoms with Gasteiger partial charge in [0, 0.05) is 19.2 Å². The maximum atomic E-state index is 12.6. The summed E-state index contributed by atoms with van der Waals surface area (Å²) in [5, 5.41) is 0. The van der Waals surface area contributed by atoms with Crippen LogP contribution in [0.5, 0.6) is 11.5 Å². The van der Waals surface area contributed by atoms with E-state index in [1.54, 1.807) is 22.5 Å². The molecule has 0 spiro atoms. The molecule has 6 heteroatoms. The van der Waals surface area contributed by atoms with Gasteiger partial charge in [-0.15, -0.1) is 0 Å². The summed E-state index contributed by atoms with van der Waals surface area (Å²) in [6.07, 6.45) is 2.95. The highest BCUT2D eigenvalue weighted by Crippen LogP contribution is 2.32. The molecule has 0 unspecified atom stereocenters. The topological polar surface area (TPSA) is 55.8 Å². The summed E-state index contributed by atoms with van der Waals surface area (Å²) in [6.45, 7) is 5.92. The van der Waals surface area contributed by atoms with E-state index in [-0.39, 0.29) is 4.90 Å². The van der Waals surface area contributed by atoms with Crippen molar-refractivity contribution in [2.24, 2.45) is 0 Å². The van der Waals surface area contributed by atoms with Gasteiger partial charge in [0.05, 0.1) is 18.1 Å². The third-order valence-electron chi connectivity index (χ3n) is 3.47. The molecule has 0 radical (unpaired) electrons. The summed E-state index contributed by atoms with van der Waals surface area (Å²) < 4.78 is 37.8. The van der Waals surface area contributed by atoms with Crippen molar-refractivity contribution in [3.8, 4) is 11.5 Å². The largest absolute Gasteiger partial charge is 0.490 e. The summed E-state index contributed by atoms with van der Waals surface area (Å²) in [6, 6.07) is 4.83. The second-order valence-electron chi connectivity index (χ2n) is 4.94. The van der Waals surface area contributed by atoms with Crippen LogP contribution in [0, 0.1) is 0 Å². The standard InChI is InChI=1S/C15H23NO4S/c1-3-19-14-9-8-13(12-15(14)20-4-2)21(17,18)16-10-6-5-7-11-16/h8-9,12H,3-7,10-11H2,1-2H3. The average Bonchev–Trinajstić information content (AvgIpc) is 2.50. The monoisotopic (exact) mass is 313 g/mol. The fourth-order valence-electron chi connectivity index (χ4n) is 2.45. The minimum Gasteiger partial charge on any atom is -0.490 e. The lowest BCUT2D eigenvalue weighted by Crippen LogP contribution is -2.35. The van der Waals surface area contributed by atoms with Gasteiger partial charge in [0.15, 0.2) is 11.5 Å². The molecule has 2 rings (SSSR count). The molecular formula is C15H23NO4S. The summed E-state index contributed by atoms with van der Waals surface area (Å²) in [4.78, 5) is 0.274. The molecule has 1 saturated heterocycles. The normalized spacial score (nSPS) is 16.7. The van der Waals surface area contributed by atoms with Crippen molar-refractivity contribution >= 4 is 10.0 Å². The molecule has 1 aliphatic heterocycles. The SMILES string of the molecule is CCOc1ccc(S(=O)(=O)N2CCCCC2)cc1OCC. The van der Waals surface area contributed by atoms with Crippen molar-refractivity contribution in [1.29, 1.82) is 0 Å². The van der Waals surface area contributed by atoms with Crippen molar-refractivity contribution < 1.29 is 17.9 Å². The lowest BCUT2D eigenvalue weighted by Gasteiger charge is -2.26. The van der Waals surface area contributed by atoms with Crippen LogP contribution < -0.4 is 9.47 Å². The molecule has 1 aliphatic rings. The van der Waals surface area contributed by atoms with E-state index in [0.717, 1.165) is 19.3 Å². The molecule has 0 saturated carbocycles. The fourth-order valence-corrected chi connectivity index (χ4v) is 3.98. The number of ether oxygens (including phenoxy) is 2. The Balaban J connectivity index is 2.32. The molecular weight excluding hydrogens is 290 g/mol. The molecule has 0 N–H and O–H groups in total. The Labute approximate surface area is 126 Å². The number of rotatable bonds is 6. The molecule has 5 nitrogen and oxygen atoms in total. The first kappa shape index (κ1) is 16.1. The Bertz CT molecular complexity index is 565. The highest BCUT2D eigenvalue weighted by Gasteiger charge is 2.26. The average molecular weight is 313 g/mol. The predicted molar refractivity (Wildman–Crippen MR) is 81.4 cm³/mol. The van der Waals surface area contributed by atoms with E-state index in [0.29, 0.717) is 37.8 Å². The van der Waals surface area contributed by atoms with Crippen LogP contribution in [0.4, 0.5) is 0 Å². The van der Waals surface area contributed by atoms with Crippen LogP contribution in [-0.2, 0) is 10.0 Å². The van der Waals surface area contributed by atoms with Crippen LogP contribution in [0.25, 0.3) is 0 Å². The Kier molecular flexibility index (Phi) is 5.47. The van der Waals surface area contributed by atoms with E-state index in [2.05, 4.69) is 0 Å². The first-order valence-electron chi connectivity index (χ1n) is 7.49. The minimum absolute atomic E-state index is 0.274. The van der Waals surface area contributed by atoms with Gasteiger partial charge in [-0.3, -0.25) is 0 Å². The summed E-state index contributed by atoms with van der Waals surface area (Å²) in [5.41, 5.74) is 0. The van der Waals surface area contributed by atoms with Crippen LogP contribution in [0.15, 0.2) is 23.1 Å². The van der Waals surface area contributed by atoms with Crippen molar-refractivity contribution in [2.75, 3.05) is 26.3 Å². The molecule has 118 valence electrons. The number of nitrogens with zero attached hydrogens (tertiary/aromatic N) is 1. The zero-order valence-electron chi connectivity index (χ0n) is 12.7. The zero-order chi connectivity index (χ0) is 15.3. The van der Waals surface area contributed by atoms with Gasteiger partial charge in [-0.2, -0.15) is 4.31 Å². The highest BCUT2D eigenvalue weighted by atomic mass is 32.2. The van der Waals surface area contributed by atoms with Crippen molar-refractivity contribution in [3.63, 3.8) is 0 Å². The van der Waals surface area contributed by atoms with Gasteiger partial charge >= 0.3 is 0 Å². The highest BCUT2D eigenvalue weighted by molar-refractivity contribution is 7.89. The Morgan fingerprint density at radius 1 is 1.00 bits per heavy atom. The second kappa shape index (κ2) is 7.13. The first-order valence-corrected chi connectivity index (χ1v) is 8.93.